The van der Waals surface area contributed by atoms with E-state index in [0.717, 1.165) is 19.5 Å². The Balaban J connectivity index is 1.46. The number of fused-ring (bicyclic) bond motifs is 1. The molecule has 11 heteroatoms. The van der Waals surface area contributed by atoms with Crippen molar-refractivity contribution in [2.24, 2.45) is 0 Å². The highest BCUT2D eigenvalue weighted by atomic mass is 16.1. The SMILES string of the molecule is C=CCn1c(=O)c2cnc(NC3C=C(C)C(N4CC(N(C)C)C4)=CC3)nc2n1-c1ccc(=O)n(C(C)C)n1. The average molecular weight is 518 g/mol. The van der Waals surface area contributed by atoms with Gasteiger partial charge in [0.2, 0.25) is 5.95 Å². The highest BCUT2D eigenvalue weighted by Gasteiger charge is 2.31. The maximum Gasteiger partial charge on any atom is 0.278 e. The molecular weight excluding hydrogens is 482 g/mol. The Morgan fingerprint density at radius 2 is 2.00 bits per heavy atom. The number of allylic oxidation sites excluding steroid dienone is 2. The number of aromatic nitrogens is 6. The van der Waals surface area contributed by atoms with Crippen molar-refractivity contribution in [2.75, 3.05) is 32.5 Å². The zero-order valence-electron chi connectivity index (χ0n) is 22.6. The van der Waals surface area contributed by atoms with E-state index in [1.807, 2.05) is 13.8 Å². The second-order valence-corrected chi connectivity index (χ2v) is 10.4. The molecule has 2 aliphatic rings. The van der Waals surface area contributed by atoms with Gasteiger partial charge in [0.25, 0.3) is 11.1 Å². The van der Waals surface area contributed by atoms with Crippen LogP contribution in [-0.2, 0) is 6.54 Å². The third kappa shape index (κ3) is 4.58. The number of likely N-dealkylation sites (tertiary alicyclic amines) is 1. The number of nitrogens with one attached hydrogen (secondary N) is 1. The molecule has 1 unspecified atom stereocenters. The third-order valence-corrected chi connectivity index (χ3v) is 7.16. The van der Waals surface area contributed by atoms with Crippen molar-refractivity contribution in [2.45, 2.75) is 51.9 Å². The summed E-state index contributed by atoms with van der Waals surface area (Å²) in [5.74, 6) is 0.838. The summed E-state index contributed by atoms with van der Waals surface area (Å²) in [5, 5.41) is 8.31. The lowest BCUT2D eigenvalue weighted by molar-refractivity contribution is 0.0956. The van der Waals surface area contributed by atoms with Gasteiger partial charge in [0.1, 0.15) is 5.39 Å². The summed E-state index contributed by atoms with van der Waals surface area (Å²) < 4.78 is 4.53. The monoisotopic (exact) mass is 517 g/mol. The lowest BCUT2D eigenvalue weighted by Crippen LogP contribution is -2.56. The van der Waals surface area contributed by atoms with Gasteiger partial charge < -0.3 is 15.1 Å². The summed E-state index contributed by atoms with van der Waals surface area (Å²) >= 11 is 0. The highest BCUT2D eigenvalue weighted by Crippen LogP contribution is 2.28. The van der Waals surface area contributed by atoms with E-state index < -0.39 is 0 Å². The van der Waals surface area contributed by atoms with E-state index in [0.29, 0.717) is 28.8 Å². The van der Waals surface area contributed by atoms with Gasteiger partial charge in [-0.05, 0) is 52.9 Å². The second kappa shape index (κ2) is 10.1. The lowest BCUT2D eigenvalue weighted by Gasteiger charge is -2.46. The molecule has 1 fully saturated rings. The minimum absolute atomic E-state index is 0.0264. The summed E-state index contributed by atoms with van der Waals surface area (Å²) in [6.45, 7) is 12.0. The Bertz CT molecular complexity index is 1550. The van der Waals surface area contributed by atoms with Gasteiger partial charge in [-0.2, -0.15) is 4.98 Å². The van der Waals surface area contributed by atoms with Gasteiger partial charge in [-0.1, -0.05) is 18.2 Å². The van der Waals surface area contributed by atoms with Crippen molar-refractivity contribution < 1.29 is 0 Å². The smallest absolute Gasteiger partial charge is 0.278 e. The van der Waals surface area contributed by atoms with Crippen LogP contribution in [0.5, 0.6) is 0 Å². The Hall–Kier alpha value is -3.99. The van der Waals surface area contributed by atoms with E-state index in [4.69, 9.17) is 4.98 Å². The van der Waals surface area contributed by atoms with Crippen LogP contribution in [0.2, 0.25) is 0 Å². The number of hydrogen-bond acceptors (Lipinski definition) is 8. The molecule has 1 aliphatic heterocycles. The van der Waals surface area contributed by atoms with Crippen LogP contribution in [0.25, 0.3) is 16.9 Å². The molecule has 1 atom stereocenters. The van der Waals surface area contributed by atoms with Crippen molar-refractivity contribution in [3.63, 3.8) is 0 Å². The molecule has 3 aromatic rings. The van der Waals surface area contributed by atoms with Crippen LogP contribution in [0.4, 0.5) is 5.95 Å². The highest BCUT2D eigenvalue weighted by molar-refractivity contribution is 5.76. The molecular formula is C27H35N9O2. The summed E-state index contributed by atoms with van der Waals surface area (Å²) in [7, 11) is 4.25. The number of anilines is 1. The fourth-order valence-corrected chi connectivity index (χ4v) is 4.99. The Kier molecular flexibility index (Phi) is 6.78. The zero-order chi connectivity index (χ0) is 27.1. The molecule has 11 nitrogen and oxygen atoms in total. The Labute approximate surface area is 221 Å². The van der Waals surface area contributed by atoms with Crippen LogP contribution in [0.1, 0.15) is 33.2 Å². The maximum absolute atomic E-state index is 13.2. The van der Waals surface area contributed by atoms with Gasteiger partial charge in [0.15, 0.2) is 11.5 Å². The number of hydrogen-bond donors (Lipinski definition) is 1. The minimum Gasteiger partial charge on any atom is -0.368 e. The molecule has 3 aromatic heterocycles. The number of rotatable bonds is 8. The van der Waals surface area contributed by atoms with Crippen molar-refractivity contribution in [3.05, 3.63) is 75.1 Å². The molecule has 5 rings (SSSR count). The fraction of sp³-hybridized carbons (Fsp3) is 0.444. The quantitative estimate of drug-likeness (QED) is 0.453. The lowest BCUT2D eigenvalue weighted by atomic mass is 9.96. The largest absolute Gasteiger partial charge is 0.368 e. The van der Waals surface area contributed by atoms with E-state index >= 15 is 0 Å². The molecule has 200 valence electrons. The summed E-state index contributed by atoms with van der Waals surface area (Å²) in [5.41, 5.74) is 2.47. The van der Waals surface area contributed by atoms with Gasteiger partial charge in [0, 0.05) is 37.1 Å². The fourth-order valence-electron chi connectivity index (χ4n) is 4.99. The van der Waals surface area contributed by atoms with Gasteiger partial charge in [-0.15, -0.1) is 11.7 Å². The van der Waals surface area contributed by atoms with Crippen molar-refractivity contribution in [3.8, 4) is 5.82 Å². The van der Waals surface area contributed by atoms with Crippen molar-refractivity contribution >= 4 is 17.0 Å². The summed E-state index contributed by atoms with van der Waals surface area (Å²) in [6.07, 6.45) is 8.47. The molecule has 4 heterocycles. The molecule has 0 saturated carbocycles. The standard InChI is InChI=1S/C27H35N9O2/c1-7-12-34-26(38)21-14-28-27(30-25(21)36(34)23-10-11-24(37)35(31-23)17(2)3)29-19-8-9-22(18(4)13-19)33-15-20(16-33)32(5)6/h7,9-11,13-14,17,19-20H,1,8,12,15-16H2,2-6H3,(H,28,29,30). The van der Waals surface area contributed by atoms with Crippen LogP contribution in [-0.4, -0.2) is 78.2 Å². The Morgan fingerprint density at radius 3 is 2.66 bits per heavy atom. The topological polar surface area (TPSA) is 106 Å². The van der Waals surface area contributed by atoms with Crippen molar-refractivity contribution in [1.29, 1.82) is 0 Å². The van der Waals surface area contributed by atoms with E-state index in [9.17, 15) is 9.59 Å². The predicted molar refractivity (Wildman–Crippen MR) is 149 cm³/mol. The number of likely N-dealkylation sites (N-methyl/N-ethyl adjacent to an activating group) is 1. The van der Waals surface area contributed by atoms with E-state index in [-0.39, 0.29) is 29.7 Å². The first-order chi connectivity index (χ1) is 18.2. The van der Waals surface area contributed by atoms with Crippen LogP contribution >= 0.6 is 0 Å². The third-order valence-electron chi connectivity index (χ3n) is 7.16. The van der Waals surface area contributed by atoms with Crippen molar-refractivity contribution in [1.82, 2.24) is 38.9 Å². The van der Waals surface area contributed by atoms with Gasteiger partial charge >= 0.3 is 0 Å². The van der Waals surface area contributed by atoms with Crippen LogP contribution in [0, 0.1) is 0 Å². The average Bonchev–Trinajstić information content (AvgIpc) is 3.10. The van der Waals surface area contributed by atoms with Gasteiger partial charge in [-0.3, -0.25) is 9.59 Å². The first-order valence-electron chi connectivity index (χ1n) is 12.9. The van der Waals surface area contributed by atoms with E-state index in [2.05, 4.69) is 64.9 Å². The van der Waals surface area contributed by atoms with Crippen LogP contribution in [0.3, 0.4) is 0 Å². The minimum atomic E-state index is -0.248. The van der Waals surface area contributed by atoms with Gasteiger partial charge in [-0.25, -0.2) is 19.0 Å². The molecule has 1 aliphatic carbocycles. The van der Waals surface area contributed by atoms with Gasteiger partial charge in [0.05, 0.1) is 18.6 Å². The van der Waals surface area contributed by atoms with E-state index in [1.54, 1.807) is 23.0 Å². The first kappa shape index (κ1) is 25.7. The summed E-state index contributed by atoms with van der Waals surface area (Å²) in [6, 6.07) is 3.54. The molecule has 0 radical (unpaired) electrons. The first-order valence-corrected chi connectivity index (χ1v) is 12.9. The second-order valence-electron chi connectivity index (χ2n) is 10.4. The Morgan fingerprint density at radius 1 is 1.24 bits per heavy atom. The normalized spacial score (nSPS) is 18.1. The van der Waals surface area contributed by atoms with Crippen LogP contribution in [0.15, 0.2) is 64.0 Å². The molecule has 38 heavy (non-hydrogen) atoms. The molecule has 1 N–H and O–H groups in total. The molecule has 0 amide bonds. The molecule has 0 bridgehead atoms. The number of nitrogens with zero attached hydrogens (tertiary/aromatic N) is 8. The molecule has 1 saturated heterocycles. The molecule has 0 aromatic carbocycles. The molecule has 0 spiro atoms. The summed E-state index contributed by atoms with van der Waals surface area (Å²) in [4.78, 5) is 39.4. The zero-order valence-corrected chi connectivity index (χ0v) is 22.6. The predicted octanol–water partition coefficient (Wildman–Crippen LogP) is 2.17. The van der Waals surface area contributed by atoms with Crippen LogP contribution < -0.4 is 16.4 Å². The van der Waals surface area contributed by atoms with E-state index in [1.165, 1.54) is 26.7 Å². The maximum atomic E-state index is 13.2.